The molecule has 0 saturated carbocycles. The van der Waals surface area contributed by atoms with E-state index >= 15 is 0 Å². The average Bonchev–Trinajstić information content (AvgIpc) is 2.43. The summed E-state index contributed by atoms with van der Waals surface area (Å²) in [6.07, 6.45) is -1.53. The van der Waals surface area contributed by atoms with E-state index < -0.39 is 24.4 Å². The third kappa shape index (κ3) is 8.25. The Balaban J connectivity index is 2.38. The van der Waals surface area contributed by atoms with Gasteiger partial charge in [0.2, 0.25) is 0 Å². The van der Waals surface area contributed by atoms with Gasteiger partial charge in [0.1, 0.15) is 5.75 Å². The van der Waals surface area contributed by atoms with Crippen molar-refractivity contribution < 1.29 is 28.0 Å². The summed E-state index contributed by atoms with van der Waals surface area (Å²) in [5.41, 5.74) is 4.86. The molecule has 0 amide bonds. The fourth-order valence-electron chi connectivity index (χ4n) is 2.14. The molecule has 0 saturated heterocycles. The minimum Gasteiger partial charge on any atom is -0.494 e. The summed E-state index contributed by atoms with van der Waals surface area (Å²) in [4.78, 5) is 0. The Morgan fingerprint density at radius 1 is 1.17 bits per heavy atom. The average molecular weight is 333 g/mol. The molecule has 0 fully saturated rings. The molecule has 130 valence electrons. The minimum atomic E-state index is -4.39. The number of hydrogen-bond donors (Lipinski definition) is 3. The third-order valence-electron chi connectivity index (χ3n) is 3.56. The van der Waals surface area contributed by atoms with Gasteiger partial charge < -0.3 is 20.5 Å². The maximum absolute atomic E-state index is 12.6. The smallest absolute Gasteiger partial charge is 0.451 e. The summed E-state index contributed by atoms with van der Waals surface area (Å²) >= 11 is 0. The molecule has 1 unspecified atom stereocenters. The number of rotatable bonds is 9. The Kier molecular flexibility index (Phi) is 7.37. The number of alkyl halides is 3. The van der Waals surface area contributed by atoms with E-state index in [1.807, 2.05) is 6.92 Å². The van der Waals surface area contributed by atoms with Crippen molar-refractivity contribution in [3.63, 3.8) is 0 Å². The van der Waals surface area contributed by atoms with Gasteiger partial charge >= 0.3 is 13.3 Å². The summed E-state index contributed by atoms with van der Waals surface area (Å²) in [6.45, 7) is 2.06. The maximum atomic E-state index is 12.6. The van der Waals surface area contributed by atoms with E-state index in [4.69, 9.17) is 20.5 Å². The molecule has 1 atom stereocenters. The number of benzene rings is 1. The fraction of sp³-hybridized carbons (Fsp3) is 0.600. The Bertz CT molecular complexity index is 481. The van der Waals surface area contributed by atoms with Crippen molar-refractivity contribution in [1.82, 2.24) is 0 Å². The molecule has 0 spiro atoms. The van der Waals surface area contributed by atoms with Crippen molar-refractivity contribution >= 4 is 7.12 Å². The van der Waals surface area contributed by atoms with Crippen LogP contribution in [0.15, 0.2) is 24.3 Å². The standard InChI is InChI=1S/C15H23BF3NO3/c1-14(20,7-2-3-9-16(21)22)8-10-23-13-6-4-5-12(11-13)15(17,18)19/h4-6,11,21-22H,2-3,7-10,20H2,1H3. The predicted molar refractivity (Wildman–Crippen MR) is 83.0 cm³/mol. The number of unbranched alkanes of at least 4 members (excludes halogenated alkanes) is 1. The van der Waals surface area contributed by atoms with Gasteiger partial charge in [-0.1, -0.05) is 18.9 Å². The van der Waals surface area contributed by atoms with Crippen molar-refractivity contribution in [2.24, 2.45) is 5.73 Å². The Hall–Kier alpha value is -1.25. The lowest BCUT2D eigenvalue weighted by Crippen LogP contribution is -2.37. The molecule has 8 heteroatoms. The lowest BCUT2D eigenvalue weighted by Gasteiger charge is -2.24. The molecule has 0 heterocycles. The van der Waals surface area contributed by atoms with E-state index in [0.717, 1.165) is 18.6 Å². The minimum absolute atomic E-state index is 0.166. The summed E-state index contributed by atoms with van der Waals surface area (Å²) in [5.74, 6) is 0.166. The summed E-state index contributed by atoms with van der Waals surface area (Å²) in [5, 5.41) is 17.5. The van der Waals surface area contributed by atoms with Gasteiger partial charge in [0, 0.05) is 5.54 Å². The summed E-state index contributed by atoms with van der Waals surface area (Å²) < 4.78 is 43.2. The molecule has 0 aromatic heterocycles. The first-order valence-corrected chi connectivity index (χ1v) is 7.55. The highest BCUT2D eigenvalue weighted by molar-refractivity contribution is 6.40. The van der Waals surface area contributed by atoms with Gasteiger partial charge in [0.15, 0.2) is 0 Å². The highest BCUT2D eigenvalue weighted by Crippen LogP contribution is 2.31. The second-order valence-electron chi connectivity index (χ2n) is 6.00. The van der Waals surface area contributed by atoms with Crippen LogP contribution >= 0.6 is 0 Å². The quantitative estimate of drug-likeness (QED) is 0.480. The van der Waals surface area contributed by atoms with Crippen LogP contribution < -0.4 is 10.5 Å². The maximum Gasteiger partial charge on any atom is 0.451 e. The van der Waals surface area contributed by atoms with Crippen LogP contribution in [-0.2, 0) is 6.18 Å². The van der Waals surface area contributed by atoms with Crippen LogP contribution in [0, 0.1) is 0 Å². The largest absolute Gasteiger partial charge is 0.494 e. The first-order valence-electron chi connectivity index (χ1n) is 7.55. The fourth-order valence-corrected chi connectivity index (χ4v) is 2.14. The normalized spacial score (nSPS) is 14.4. The molecule has 0 aliphatic heterocycles. The second-order valence-corrected chi connectivity index (χ2v) is 6.00. The van der Waals surface area contributed by atoms with Gasteiger partial charge in [-0.3, -0.25) is 0 Å². The van der Waals surface area contributed by atoms with E-state index in [2.05, 4.69) is 0 Å². The predicted octanol–water partition coefficient (Wildman–Crippen LogP) is 2.83. The monoisotopic (exact) mass is 333 g/mol. The van der Waals surface area contributed by atoms with E-state index in [1.165, 1.54) is 12.1 Å². The molecule has 0 aliphatic carbocycles. The van der Waals surface area contributed by atoms with Crippen LogP contribution in [0.2, 0.25) is 6.32 Å². The molecule has 23 heavy (non-hydrogen) atoms. The van der Waals surface area contributed by atoms with Gasteiger partial charge in [0.05, 0.1) is 12.2 Å². The lowest BCUT2D eigenvalue weighted by atomic mass is 9.82. The SMILES string of the molecule is CC(N)(CCCCB(O)O)CCOc1cccc(C(F)(F)F)c1. The molecule has 4 nitrogen and oxygen atoms in total. The van der Waals surface area contributed by atoms with Crippen LogP contribution in [-0.4, -0.2) is 29.3 Å². The van der Waals surface area contributed by atoms with Crippen LogP contribution in [0.25, 0.3) is 0 Å². The van der Waals surface area contributed by atoms with Crippen molar-refractivity contribution in [2.75, 3.05) is 6.61 Å². The van der Waals surface area contributed by atoms with Gasteiger partial charge in [-0.05, 0) is 44.3 Å². The molecular formula is C15H23BF3NO3. The van der Waals surface area contributed by atoms with Crippen LogP contribution in [0.1, 0.15) is 38.2 Å². The zero-order chi connectivity index (χ0) is 17.5. The second kappa shape index (κ2) is 8.56. The van der Waals surface area contributed by atoms with Crippen molar-refractivity contribution in [2.45, 2.75) is 50.6 Å². The topological polar surface area (TPSA) is 75.7 Å². The molecule has 0 aliphatic rings. The van der Waals surface area contributed by atoms with E-state index in [1.54, 1.807) is 0 Å². The highest BCUT2D eigenvalue weighted by atomic mass is 19.4. The van der Waals surface area contributed by atoms with Crippen LogP contribution in [0.4, 0.5) is 13.2 Å². The van der Waals surface area contributed by atoms with Gasteiger partial charge in [-0.15, -0.1) is 0 Å². The van der Waals surface area contributed by atoms with Crippen LogP contribution in [0.5, 0.6) is 5.75 Å². The Morgan fingerprint density at radius 2 is 1.87 bits per heavy atom. The van der Waals surface area contributed by atoms with Gasteiger partial charge in [0.25, 0.3) is 0 Å². The van der Waals surface area contributed by atoms with Crippen molar-refractivity contribution in [3.8, 4) is 5.75 Å². The molecular weight excluding hydrogens is 310 g/mol. The zero-order valence-corrected chi connectivity index (χ0v) is 13.1. The number of ether oxygens (including phenoxy) is 1. The number of nitrogens with two attached hydrogens (primary N) is 1. The molecule has 1 aromatic rings. The number of halogens is 3. The van der Waals surface area contributed by atoms with E-state index in [0.29, 0.717) is 25.6 Å². The zero-order valence-electron chi connectivity index (χ0n) is 13.1. The van der Waals surface area contributed by atoms with Crippen molar-refractivity contribution in [3.05, 3.63) is 29.8 Å². The molecule has 1 rings (SSSR count). The van der Waals surface area contributed by atoms with Crippen LogP contribution in [0.3, 0.4) is 0 Å². The highest BCUT2D eigenvalue weighted by Gasteiger charge is 2.30. The molecule has 1 aromatic carbocycles. The van der Waals surface area contributed by atoms with E-state index in [9.17, 15) is 13.2 Å². The number of hydrogen-bond acceptors (Lipinski definition) is 4. The first kappa shape index (κ1) is 19.8. The molecule has 0 radical (unpaired) electrons. The Labute approximate surface area is 134 Å². The van der Waals surface area contributed by atoms with Gasteiger partial charge in [-0.25, -0.2) is 0 Å². The summed E-state index contributed by atoms with van der Waals surface area (Å²) in [6, 6.07) is 4.75. The molecule has 4 N–H and O–H groups in total. The third-order valence-corrected chi connectivity index (χ3v) is 3.56. The lowest BCUT2D eigenvalue weighted by molar-refractivity contribution is -0.137. The first-order chi connectivity index (χ1) is 10.6. The van der Waals surface area contributed by atoms with Crippen molar-refractivity contribution in [1.29, 1.82) is 0 Å². The summed E-state index contributed by atoms with van der Waals surface area (Å²) in [7, 11) is -1.30. The van der Waals surface area contributed by atoms with E-state index in [-0.39, 0.29) is 12.4 Å². The van der Waals surface area contributed by atoms with Gasteiger partial charge in [-0.2, -0.15) is 13.2 Å². The Morgan fingerprint density at radius 3 is 2.48 bits per heavy atom. The molecule has 0 bridgehead atoms.